The molecule has 30 heavy (non-hydrogen) atoms. The molecule has 0 bridgehead atoms. The van der Waals surface area contributed by atoms with E-state index in [0.29, 0.717) is 12.0 Å². The topological polar surface area (TPSA) is 58.0 Å². The number of nitrogens with two attached hydrogens (primary N) is 1. The number of aromatic nitrogens is 1. The SMILES string of the molecule is CC1CC(Cn2ccc3cc(/C(C=N)=C/N)ccc32)CN1SCCc1ccccc1. The number of allylic oxidation sites excluding steroid dienone is 1. The largest absolute Gasteiger partial charge is 0.404 e. The first-order chi connectivity index (χ1) is 14.7. The molecule has 4 rings (SSSR count). The predicted molar refractivity (Wildman–Crippen MR) is 130 cm³/mol. The average Bonchev–Trinajstić information content (AvgIpc) is 3.33. The van der Waals surface area contributed by atoms with Gasteiger partial charge in [-0.1, -0.05) is 48.3 Å². The Kier molecular flexibility index (Phi) is 6.60. The molecular weight excluding hydrogens is 388 g/mol. The maximum Gasteiger partial charge on any atom is 0.0480 e. The summed E-state index contributed by atoms with van der Waals surface area (Å²) in [6.45, 7) is 4.55. The molecule has 2 unspecified atom stereocenters. The molecule has 1 aliphatic heterocycles. The van der Waals surface area contributed by atoms with Gasteiger partial charge in [-0.05, 0) is 55.0 Å². The molecule has 1 aliphatic rings. The number of nitrogens with one attached hydrogen (secondary N) is 1. The summed E-state index contributed by atoms with van der Waals surface area (Å²) in [5.74, 6) is 1.81. The summed E-state index contributed by atoms with van der Waals surface area (Å²) in [5, 5.41) is 8.71. The lowest BCUT2D eigenvalue weighted by Gasteiger charge is -2.19. The Bertz CT molecular complexity index is 1020. The number of hydrogen-bond acceptors (Lipinski definition) is 4. The second kappa shape index (κ2) is 9.54. The number of hydrogen-bond donors (Lipinski definition) is 2. The summed E-state index contributed by atoms with van der Waals surface area (Å²) in [7, 11) is 0. The minimum atomic E-state index is 0.619. The molecule has 0 aliphatic carbocycles. The lowest BCUT2D eigenvalue weighted by atomic mass is 10.1. The third kappa shape index (κ3) is 4.63. The Hall–Kier alpha value is -2.50. The first-order valence-electron chi connectivity index (χ1n) is 10.6. The van der Waals surface area contributed by atoms with E-state index < -0.39 is 0 Å². The number of fused-ring (bicyclic) bond motifs is 1. The van der Waals surface area contributed by atoms with Gasteiger partial charge in [-0.25, -0.2) is 4.31 Å². The molecule has 0 spiro atoms. The molecule has 5 heteroatoms. The van der Waals surface area contributed by atoms with Crippen molar-refractivity contribution in [3.63, 3.8) is 0 Å². The van der Waals surface area contributed by atoms with Crippen molar-refractivity contribution in [2.75, 3.05) is 12.3 Å². The van der Waals surface area contributed by atoms with Crippen LogP contribution in [0, 0.1) is 11.3 Å². The second-order valence-electron chi connectivity index (χ2n) is 8.13. The Labute approximate surface area is 183 Å². The molecule has 0 amide bonds. The van der Waals surface area contributed by atoms with Crippen LogP contribution in [0.5, 0.6) is 0 Å². The zero-order valence-electron chi connectivity index (χ0n) is 17.5. The van der Waals surface area contributed by atoms with E-state index in [2.05, 4.69) is 76.6 Å². The van der Waals surface area contributed by atoms with Crippen LogP contribution in [0.1, 0.15) is 24.5 Å². The number of benzene rings is 2. The van der Waals surface area contributed by atoms with E-state index in [0.717, 1.165) is 36.4 Å². The first-order valence-corrected chi connectivity index (χ1v) is 11.6. The monoisotopic (exact) mass is 418 g/mol. The summed E-state index contributed by atoms with van der Waals surface area (Å²) >= 11 is 2.00. The van der Waals surface area contributed by atoms with Gasteiger partial charge < -0.3 is 15.7 Å². The fourth-order valence-corrected chi connectivity index (χ4v) is 5.61. The van der Waals surface area contributed by atoms with Crippen molar-refractivity contribution in [1.29, 1.82) is 5.41 Å². The van der Waals surface area contributed by atoms with Crippen LogP contribution in [0.2, 0.25) is 0 Å². The van der Waals surface area contributed by atoms with Gasteiger partial charge in [0, 0.05) is 60.0 Å². The highest BCUT2D eigenvalue weighted by atomic mass is 32.2. The minimum absolute atomic E-state index is 0.619. The molecule has 4 nitrogen and oxygen atoms in total. The fourth-order valence-electron chi connectivity index (χ4n) is 4.39. The Morgan fingerprint density at radius 3 is 2.80 bits per heavy atom. The molecule has 1 aromatic heterocycles. The van der Waals surface area contributed by atoms with E-state index in [9.17, 15) is 0 Å². The third-order valence-electron chi connectivity index (χ3n) is 5.99. The van der Waals surface area contributed by atoms with Gasteiger partial charge in [-0.15, -0.1) is 0 Å². The van der Waals surface area contributed by atoms with Crippen molar-refractivity contribution in [1.82, 2.24) is 8.87 Å². The van der Waals surface area contributed by atoms with Crippen LogP contribution < -0.4 is 5.73 Å². The van der Waals surface area contributed by atoms with Gasteiger partial charge in [0.15, 0.2) is 0 Å². The van der Waals surface area contributed by atoms with E-state index in [1.54, 1.807) is 0 Å². The van der Waals surface area contributed by atoms with Gasteiger partial charge in [0.2, 0.25) is 0 Å². The standard InChI is InChI=1S/C25H30N4S/c1-19-13-21(18-29(19)30-12-10-20-5-3-2-4-6-20)17-28-11-9-23-14-22(7-8-25(23)28)24(15-26)16-27/h2-9,11,14-16,19,21,26H,10,12-13,17-18,27H2,1H3/b24-16+,26-15?. The molecule has 2 heterocycles. The van der Waals surface area contributed by atoms with Crippen molar-refractivity contribution in [2.24, 2.45) is 11.7 Å². The van der Waals surface area contributed by atoms with Crippen LogP contribution in [-0.2, 0) is 13.0 Å². The highest BCUT2D eigenvalue weighted by Gasteiger charge is 2.29. The molecule has 0 radical (unpaired) electrons. The highest BCUT2D eigenvalue weighted by Crippen LogP contribution is 2.32. The van der Waals surface area contributed by atoms with Gasteiger partial charge >= 0.3 is 0 Å². The van der Waals surface area contributed by atoms with E-state index in [4.69, 9.17) is 11.1 Å². The Morgan fingerprint density at radius 2 is 2.03 bits per heavy atom. The number of nitrogens with zero attached hydrogens (tertiary/aromatic N) is 2. The van der Waals surface area contributed by atoms with Gasteiger partial charge in [0.1, 0.15) is 0 Å². The summed E-state index contributed by atoms with van der Waals surface area (Å²) in [6.07, 6.45) is 7.36. The van der Waals surface area contributed by atoms with E-state index in [1.165, 1.54) is 35.3 Å². The van der Waals surface area contributed by atoms with Crippen LogP contribution in [0.3, 0.4) is 0 Å². The molecule has 1 saturated heterocycles. The zero-order chi connectivity index (χ0) is 20.9. The van der Waals surface area contributed by atoms with Gasteiger partial charge in [0.05, 0.1) is 0 Å². The summed E-state index contributed by atoms with van der Waals surface area (Å²) in [6, 6.07) is 19.9. The van der Waals surface area contributed by atoms with Crippen LogP contribution >= 0.6 is 11.9 Å². The maximum atomic E-state index is 7.51. The fraction of sp³-hybridized carbons (Fsp3) is 0.320. The normalized spacial score (nSPS) is 20.1. The van der Waals surface area contributed by atoms with Crippen molar-refractivity contribution >= 4 is 34.6 Å². The van der Waals surface area contributed by atoms with E-state index >= 15 is 0 Å². The maximum absolute atomic E-state index is 7.51. The van der Waals surface area contributed by atoms with Gasteiger partial charge in [-0.2, -0.15) is 0 Å². The van der Waals surface area contributed by atoms with Crippen LogP contribution in [0.25, 0.3) is 16.5 Å². The Balaban J connectivity index is 1.36. The van der Waals surface area contributed by atoms with Gasteiger partial charge in [-0.3, -0.25) is 0 Å². The predicted octanol–water partition coefficient (Wildman–Crippen LogP) is 5.19. The number of rotatable bonds is 8. The van der Waals surface area contributed by atoms with Gasteiger partial charge in [0.25, 0.3) is 0 Å². The van der Waals surface area contributed by atoms with Crippen LogP contribution in [0.4, 0.5) is 0 Å². The average molecular weight is 419 g/mol. The quantitative estimate of drug-likeness (QED) is 0.391. The minimum Gasteiger partial charge on any atom is -0.404 e. The van der Waals surface area contributed by atoms with E-state index in [-0.39, 0.29) is 0 Å². The Morgan fingerprint density at radius 1 is 1.20 bits per heavy atom. The van der Waals surface area contributed by atoms with Crippen molar-refractivity contribution in [3.05, 3.63) is 78.1 Å². The van der Waals surface area contributed by atoms with Crippen molar-refractivity contribution < 1.29 is 0 Å². The van der Waals surface area contributed by atoms with E-state index in [1.807, 2.05) is 11.9 Å². The van der Waals surface area contributed by atoms with Crippen LogP contribution in [-0.4, -0.2) is 33.4 Å². The lowest BCUT2D eigenvalue weighted by Crippen LogP contribution is -2.20. The molecule has 3 N–H and O–H groups in total. The highest BCUT2D eigenvalue weighted by molar-refractivity contribution is 7.97. The zero-order valence-corrected chi connectivity index (χ0v) is 18.3. The number of aryl methyl sites for hydroxylation is 1. The summed E-state index contributed by atoms with van der Waals surface area (Å²) in [5.41, 5.74) is 10.1. The van der Waals surface area contributed by atoms with Crippen molar-refractivity contribution in [2.45, 2.75) is 32.4 Å². The van der Waals surface area contributed by atoms with Crippen LogP contribution in [0.15, 0.2) is 67.0 Å². The molecule has 2 atom stereocenters. The molecule has 3 aromatic rings. The molecule has 0 saturated carbocycles. The first kappa shape index (κ1) is 20.8. The molecule has 1 fully saturated rings. The summed E-state index contributed by atoms with van der Waals surface area (Å²) < 4.78 is 4.96. The molecule has 2 aromatic carbocycles. The second-order valence-corrected chi connectivity index (χ2v) is 9.26. The summed E-state index contributed by atoms with van der Waals surface area (Å²) in [4.78, 5) is 0. The third-order valence-corrected chi connectivity index (χ3v) is 7.22. The molecule has 156 valence electrons. The van der Waals surface area contributed by atoms with Crippen molar-refractivity contribution in [3.8, 4) is 0 Å². The smallest absolute Gasteiger partial charge is 0.0480 e. The lowest BCUT2D eigenvalue weighted by molar-refractivity contribution is 0.450. The molecular formula is C25H30N4S.